The lowest BCUT2D eigenvalue weighted by molar-refractivity contribution is 0.135. The fourth-order valence-electron chi connectivity index (χ4n) is 12.8. The van der Waals surface area contributed by atoms with E-state index in [1.807, 2.05) is 0 Å². The Balaban J connectivity index is 0.983. The molecule has 0 bridgehead atoms. The van der Waals surface area contributed by atoms with Gasteiger partial charge in [-0.1, -0.05) is 161 Å². The molecule has 1 aliphatic heterocycles. The Labute approximate surface area is 386 Å². The lowest BCUT2D eigenvalue weighted by Gasteiger charge is -2.44. The highest BCUT2D eigenvalue weighted by atomic mass is 16.3. The third kappa shape index (κ3) is 5.64. The molecule has 3 heterocycles. The molecule has 10 aromatic rings. The van der Waals surface area contributed by atoms with E-state index in [9.17, 15) is 0 Å². The number of hydrogen-bond acceptors (Lipinski definition) is 3. The third-order valence-electron chi connectivity index (χ3n) is 16.1. The smallest absolute Gasteiger partial charge is 0.144 e. The number of likely N-dealkylation sites (N-methyl/N-ethyl adjacent to an activating group) is 1. The van der Waals surface area contributed by atoms with E-state index >= 15 is 0 Å². The Morgan fingerprint density at radius 1 is 0.591 bits per heavy atom. The Bertz CT molecular complexity index is 3600. The highest BCUT2D eigenvalue weighted by molar-refractivity contribution is 6.16. The van der Waals surface area contributed by atoms with Crippen molar-refractivity contribution in [1.82, 2.24) is 9.47 Å². The van der Waals surface area contributed by atoms with Crippen molar-refractivity contribution < 1.29 is 4.42 Å². The number of aliphatic imine (C=N–C) groups is 1. The van der Waals surface area contributed by atoms with Gasteiger partial charge >= 0.3 is 0 Å². The Morgan fingerprint density at radius 2 is 1.24 bits per heavy atom. The topological polar surface area (TPSA) is 33.7 Å². The van der Waals surface area contributed by atoms with Gasteiger partial charge in [-0.3, -0.25) is 9.89 Å². The van der Waals surface area contributed by atoms with Crippen LogP contribution in [0.3, 0.4) is 0 Å². The molecule has 8 aromatic carbocycles. The monoisotopic (exact) mass is 855 g/mol. The van der Waals surface area contributed by atoms with Crippen LogP contribution in [0.15, 0.2) is 185 Å². The van der Waals surface area contributed by atoms with E-state index in [2.05, 4.69) is 220 Å². The van der Waals surface area contributed by atoms with Gasteiger partial charge in [0.05, 0.1) is 16.7 Å². The van der Waals surface area contributed by atoms with Crippen LogP contribution in [0, 0.1) is 5.92 Å². The van der Waals surface area contributed by atoms with E-state index in [1.165, 1.54) is 71.9 Å². The van der Waals surface area contributed by atoms with E-state index in [-0.39, 0.29) is 29.5 Å². The molecule has 0 fully saturated rings. The van der Waals surface area contributed by atoms with Crippen molar-refractivity contribution in [3.8, 4) is 27.9 Å². The lowest BCUT2D eigenvalue weighted by Crippen LogP contribution is -2.41. The number of para-hydroxylation sites is 3. The minimum atomic E-state index is -0.229. The zero-order chi connectivity index (χ0) is 44.4. The first-order chi connectivity index (χ1) is 32.3. The Hall–Kier alpha value is -7.01. The van der Waals surface area contributed by atoms with Crippen LogP contribution in [-0.4, -0.2) is 28.3 Å². The summed E-state index contributed by atoms with van der Waals surface area (Å²) in [6, 6.07) is 65.7. The quantitative estimate of drug-likeness (QED) is 0.173. The van der Waals surface area contributed by atoms with Gasteiger partial charge in [-0.25, -0.2) is 0 Å². The summed E-state index contributed by atoms with van der Waals surface area (Å²) in [6.45, 7) is 9.56. The van der Waals surface area contributed by atoms with Gasteiger partial charge in [-0.2, -0.15) is 0 Å². The molecule has 0 N–H and O–H groups in total. The van der Waals surface area contributed by atoms with E-state index in [0.717, 1.165) is 51.7 Å². The number of furan rings is 1. The van der Waals surface area contributed by atoms with Gasteiger partial charge in [0, 0.05) is 56.1 Å². The van der Waals surface area contributed by atoms with Gasteiger partial charge in [0.15, 0.2) is 0 Å². The number of nitrogens with zero attached hydrogens (tertiary/aromatic N) is 3. The normalized spacial score (nSPS) is 21.1. The van der Waals surface area contributed by atoms with Gasteiger partial charge in [0.25, 0.3) is 0 Å². The molecular weight excluding hydrogens is 803 g/mol. The predicted molar refractivity (Wildman–Crippen MR) is 274 cm³/mol. The van der Waals surface area contributed by atoms with Gasteiger partial charge in [-0.15, -0.1) is 0 Å². The van der Waals surface area contributed by atoms with Gasteiger partial charge in [0.2, 0.25) is 0 Å². The second-order valence-corrected chi connectivity index (χ2v) is 19.8. The SMILES string of the molecule is CCC1CC(C2c3ccccc3-c3ccccc3C2C)N(C)C(c2ccc(-n3c4ccccc4c4cc5c(cc43)C(C)(C)c3ccccc3-5)cc2)N=C1c1cccc2c1oc1ccccc12. The summed E-state index contributed by atoms with van der Waals surface area (Å²) in [5, 5.41) is 4.85. The number of hydrogen-bond donors (Lipinski definition) is 0. The maximum absolute atomic E-state index is 6.77. The molecule has 5 unspecified atom stereocenters. The molecule has 2 aromatic heterocycles. The maximum Gasteiger partial charge on any atom is 0.144 e. The Morgan fingerprint density at radius 3 is 2.05 bits per heavy atom. The van der Waals surface area contributed by atoms with Crippen LogP contribution in [-0.2, 0) is 5.41 Å². The van der Waals surface area contributed by atoms with Crippen molar-refractivity contribution in [3.63, 3.8) is 0 Å². The largest absolute Gasteiger partial charge is 0.455 e. The van der Waals surface area contributed by atoms with E-state index < -0.39 is 0 Å². The molecule has 0 amide bonds. The first kappa shape index (κ1) is 39.4. The summed E-state index contributed by atoms with van der Waals surface area (Å²) in [4.78, 5) is 8.61. The first-order valence-electron chi connectivity index (χ1n) is 24.0. The molecule has 66 heavy (non-hydrogen) atoms. The minimum Gasteiger partial charge on any atom is -0.455 e. The predicted octanol–water partition coefficient (Wildman–Crippen LogP) is 15.8. The molecule has 3 aliphatic rings. The van der Waals surface area contributed by atoms with E-state index in [0.29, 0.717) is 5.92 Å². The number of benzene rings is 8. The van der Waals surface area contributed by atoms with Crippen molar-refractivity contribution in [2.24, 2.45) is 10.9 Å². The molecule has 0 saturated carbocycles. The lowest BCUT2D eigenvalue weighted by atomic mass is 9.67. The number of rotatable bonds is 5. The number of fused-ring (bicyclic) bond motifs is 12. The molecule has 0 radical (unpaired) electrons. The van der Waals surface area contributed by atoms with Gasteiger partial charge in [-0.05, 0) is 118 Å². The second-order valence-electron chi connectivity index (χ2n) is 19.8. The zero-order valence-corrected chi connectivity index (χ0v) is 38.3. The third-order valence-corrected chi connectivity index (χ3v) is 16.1. The molecule has 2 aliphatic carbocycles. The van der Waals surface area contributed by atoms with Crippen molar-refractivity contribution in [2.45, 2.75) is 70.0 Å². The highest BCUT2D eigenvalue weighted by Crippen LogP contribution is 2.53. The standard InChI is InChI=1S/C62H53N3O/c1-6-38-34-56(58-37(2)41-18-7-8-19-42(41)43-20-9-10-24-47(43)58)64(5)61(63-59(38)49-26-17-25-48-46-23-13-16-29-57(46)66-60(48)49)39-30-32-40(33-31-39)65-54-28-15-12-22-45(54)51-35-50-44-21-11-14-27-52(44)62(3,4)53(50)36-55(51)65/h7-33,35-38,56,58,61H,6,34H2,1-5H3. The molecular formula is C62H53N3O. The molecule has 4 nitrogen and oxygen atoms in total. The Kier molecular flexibility index (Phi) is 8.80. The summed E-state index contributed by atoms with van der Waals surface area (Å²) in [7, 11) is 2.34. The summed E-state index contributed by atoms with van der Waals surface area (Å²) in [6.07, 6.45) is 1.73. The first-order valence-corrected chi connectivity index (χ1v) is 24.0. The molecule has 4 heteroatoms. The van der Waals surface area contributed by atoms with E-state index in [4.69, 9.17) is 9.41 Å². The van der Waals surface area contributed by atoms with Crippen molar-refractivity contribution >= 4 is 49.5 Å². The van der Waals surface area contributed by atoms with Crippen LogP contribution in [0.5, 0.6) is 0 Å². The van der Waals surface area contributed by atoms with Crippen LogP contribution < -0.4 is 0 Å². The van der Waals surface area contributed by atoms with Gasteiger partial charge < -0.3 is 8.98 Å². The maximum atomic E-state index is 6.77. The summed E-state index contributed by atoms with van der Waals surface area (Å²) in [5.74, 6) is 0.800. The molecule has 322 valence electrons. The molecule has 13 rings (SSSR count). The minimum absolute atomic E-state index is 0.0942. The summed E-state index contributed by atoms with van der Waals surface area (Å²) >= 11 is 0. The molecule has 5 atom stereocenters. The van der Waals surface area contributed by atoms with Crippen molar-refractivity contribution in [3.05, 3.63) is 209 Å². The average molecular weight is 856 g/mol. The van der Waals surface area contributed by atoms with E-state index in [1.54, 1.807) is 0 Å². The zero-order valence-electron chi connectivity index (χ0n) is 38.3. The van der Waals surface area contributed by atoms with Crippen molar-refractivity contribution in [1.29, 1.82) is 0 Å². The van der Waals surface area contributed by atoms with Crippen LogP contribution >= 0.6 is 0 Å². The summed E-state index contributed by atoms with van der Waals surface area (Å²) < 4.78 is 9.25. The van der Waals surface area contributed by atoms with Crippen LogP contribution in [0.25, 0.3) is 71.7 Å². The van der Waals surface area contributed by atoms with Crippen LogP contribution in [0.2, 0.25) is 0 Å². The van der Waals surface area contributed by atoms with Crippen molar-refractivity contribution in [2.75, 3.05) is 7.05 Å². The van der Waals surface area contributed by atoms with Gasteiger partial charge in [0.1, 0.15) is 17.3 Å². The highest BCUT2D eigenvalue weighted by Gasteiger charge is 2.43. The number of aromatic nitrogens is 1. The average Bonchev–Trinajstić information content (AvgIpc) is 3.94. The fourth-order valence-corrected chi connectivity index (χ4v) is 12.8. The fraction of sp³-hybridized carbons (Fsp3) is 0.210. The van der Waals surface area contributed by atoms with Crippen LogP contribution in [0.4, 0.5) is 0 Å². The molecule has 0 spiro atoms. The summed E-state index contributed by atoms with van der Waals surface area (Å²) in [5.41, 5.74) is 19.9. The second kappa shape index (κ2) is 14.8. The van der Waals surface area contributed by atoms with Crippen LogP contribution in [0.1, 0.15) is 91.9 Å². The molecule has 0 saturated heterocycles.